The number of aromatic hydroxyl groups is 1. The monoisotopic (exact) mass is 348 g/mol. The fourth-order valence-corrected chi connectivity index (χ4v) is 3.36. The zero-order valence-electron chi connectivity index (χ0n) is 14.9. The number of aryl methyl sites for hydroxylation is 3. The number of H-pyrrole nitrogens is 1. The lowest BCUT2D eigenvalue weighted by Crippen LogP contribution is -2.26. The molecule has 1 aliphatic rings. The number of aliphatic hydroxyl groups is 1. The minimum atomic E-state index is 0.106. The summed E-state index contributed by atoms with van der Waals surface area (Å²) in [6, 6.07) is 9.00. The van der Waals surface area contributed by atoms with E-state index in [1.807, 2.05) is 32.9 Å². The van der Waals surface area contributed by atoms with E-state index in [1.54, 1.807) is 23.1 Å². The molecule has 0 amide bonds. The van der Waals surface area contributed by atoms with E-state index < -0.39 is 0 Å². The molecule has 0 saturated heterocycles. The second-order valence-electron chi connectivity index (χ2n) is 6.77. The number of hydrogen-bond acceptors (Lipinski definition) is 4. The van der Waals surface area contributed by atoms with Crippen LogP contribution >= 0.6 is 0 Å². The quantitative estimate of drug-likeness (QED) is 0.563. The van der Waals surface area contributed by atoms with Crippen molar-refractivity contribution in [3.8, 4) is 5.75 Å². The Labute approximate surface area is 150 Å². The second kappa shape index (κ2) is 5.62. The van der Waals surface area contributed by atoms with Gasteiger partial charge in [-0.05, 0) is 67.8 Å². The number of phenolic OH excluding ortho intramolecular Hbond substituents is 1. The second-order valence-corrected chi connectivity index (χ2v) is 6.77. The maximum atomic E-state index is 10.5. The number of anilines is 1. The predicted octanol–water partition coefficient (Wildman–Crippen LogP) is 3.96. The summed E-state index contributed by atoms with van der Waals surface area (Å²) in [5.74, 6) is 0.961. The van der Waals surface area contributed by atoms with Crippen LogP contribution in [-0.2, 0) is 0 Å². The topological polar surface area (TPSA) is 96.2 Å². The molecule has 2 heterocycles. The highest BCUT2D eigenvalue weighted by Crippen LogP contribution is 2.33. The van der Waals surface area contributed by atoms with Crippen molar-refractivity contribution < 1.29 is 10.2 Å². The van der Waals surface area contributed by atoms with Crippen LogP contribution in [0.1, 0.15) is 22.5 Å². The summed E-state index contributed by atoms with van der Waals surface area (Å²) in [6.45, 7) is 6.14. The fraction of sp³-hybridized carbons (Fsp3) is 0.200. The van der Waals surface area contributed by atoms with Crippen LogP contribution in [0.3, 0.4) is 0 Å². The standard InChI is InChI=1S/C20H20N4O2/c1-10-7-14-15(8-11(10)2)23-20(22-14)18-17(26)9-24(19(18)21)16-5-4-13(25)6-12(16)3/h4-8,21,25-26H,9H2,1-3H3,(H,22,23). The molecule has 1 aromatic heterocycles. The van der Waals surface area contributed by atoms with Crippen molar-refractivity contribution >= 4 is 28.1 Å². The first-order valence-electron chi connectivity index (χ1n) is 8.40. The number of aromatic nitrogens is 2. The van der Waals surface area contributed by atoms with Gasteiger partial charge in [-0.1, -0.05) is 0 Å². The lowest BCUT2D eigenvalue weighted by molar-refractivity contribution is 0.411. The molecule has 132 valence electrons. The van der Waals surface area contributed by atoms with Crippen molar-refractivity contribution in [1.29, 1.82) is 5.41 Å². The van der Waals surface area contributed by atoms with E-state index in [0.717, 1.165) is 33.4 Å². The number of imidazole rings is 1. The minimum Gasteiger partial charge on any atom is -0.509 e. The third kappa shape index (κ3) is 2.42. The van der Waals surface area contributed by atoms with Crippen LogP contribution in [0.15, 0.2) is 36.1 Å². The third-order valence-corrected chi connectivity index (χ3v) is 4.91. The summed E-state index contributed by atoms with van der Waals surface area (Å²) in [5, 5.41) is 28.7. The van der Waals surface area contributed by atoms with Crippen molar-refractivity contribution in [2.24, 2.45) is 0 Å². The van der Waals surface area contributed by atoms with Crippen LogP contribution in [0.2, 0.25) is 0 Å². The molecule has 0 fully saturated rings. The van der Waals surface area contributed by atoms with E-state index >= 15 is 0 Å². The number of fused-ring (bicyclic) bond motifs is 1. The first-order chi connectivity index (χ1) is 12.3. The van der Waals surface area contributed by atoms with E-state index in [0.29, 0.717) is 11.4 Å². The van der Waals surface area contributed by atoms with E-state index in [4.69, 9.17) is 5.41 Å². The molecule has 6 nitrogen and oxygen atoms in total. The molecule has 0 bridgehead atoms. The van der Waals surface area contributed by atoms with Gasteiger partial charge in [0.15, 0.2) is 0 Å². The molecular formula is C20H20N4O2. The van der Waals surface area contributed by atoms with E-state index in [9.17, 15) is 10.2 Å². The Morgan fingerprint density at radius 1 is 1.04 bits per heavy atom. The number of rotatable bonds is 2. The third-order valence-electron chi connectivity index (χ3n) is 4.91. The molecular weight excluding hydrogens is 328 g/mol. The Morgan fingerprint density at radius 3 is 2.50 bits per heavy atom. The number of phenols is 1. The van der Waals surface area contributed by atoms with Crippen LogP contribution in [0.5, 0.6) is 5.75 Å². The van der Waals surface area contributed by atoms with Crippen LogP contribution in [0.25, 0.3) is 16.6 Å². The lowest BCUT2D eigenvalue weighted by atomic mass is 10.1. The molecule has 6 heteroatoms. The van der Waals surface area contributed by atoms with E-state index in [2.05, 4.69) is 9.97 Å². The largest absolute Gasteiger partial charge is 0.509 e. The normalized spacial score (nSPS) is 14.7. The molecule has 0 unspecified atom stereocenters. The number of benzene rings is 2. The molecule has 4 rings (SSSR count). The molecule has 0 radical (unpaired) electrons. The molecule has 3 aromatic rings. The van der Waals surface area contributed by atoms with Crippen molar-refractivity contribution in [2.45, 2.75) is 20.8 Å². The Morgan fingerprint density at radius 2 is 1.77 bits per heavy atom. The first-order valence-corrected chi connectivity index (χ1v) is 8.40. The van der Waals surface area contributed by atoms with Gasteiger partial charge in [0, 0.05) is 5.69 Å². The molecule has 2 aromatic carbocycles. The molecule has 0 aliphatic carbocycles. The molecule has 0 saturated carbocycles. The molecule has 4 N–H and O–H groups in total. The minimum absolute atomic E-state index is 0.106. The fourth-order valence-electron chi connectivity index (χ4n) is 3.36. The van der Waals surface area contributed by atoms with Crippen molar-refractivity contribution in [2.75, 3.05) is 11.4 Å². The number of hydrogen-bond donors (Lipinski definition) is 4. The van der Waals surface area contributed by atoms with Crippen molar-refractivity contribution in [1.82, 2.24) is 9.97 Å². The highest BCUT2D eigenvalue weighted by molar-refractivity contribution is 6.30. The molecule has 0 spiro atoms. The van der Waals surface area contributed by atoms with Gasteiger partial charge in [0.05, 0.1) is 23.2 Å². The van der Waals surface area contributed by atoms with Gasteiger partial charge in [0.2, 0.25) is 0 Å². The summed E-state index contributed by atoms with van der Waals surface area (Å²) < 4.78 is 0. The smallest absolute Gasteiger partial charge is 0.145 e. The summed E-state index contributed by atoms with van der Waals surface area (Å²) in [7, 11) is 0. The number of nitrogens with zero attached hydrogens (tertiary/aromatic N) is 2. The lowest BCUT2D eigenvalue weighted by Gasteiger charge is -2.20. The summed E-state index contributed by atoms with van der Waals surface area (Å²) in [6.07, 6.45) is 0. The Hall–Kier alpha value is -3.28. The van der Waals surface area contributed by atoms with Gasteiger partial charge in [-0.15, -0.1) is 0 Å². The Kier molecular flexibility index (Phi) is 3.50. The zero-order valence-corrected chi connectivity index (χ0v) is 14.9. The highest BCUT2D eigenvalue weighted by atomic mass is 16.3. The van der Waals surface area contributed by atoms with Gasteiger partial charge in [-0.25, -0.2) is 4.98 Å². The average molecular weight is 348 g/mol. The van der Waals surface area contributed by atoms with Crippen LogP contribution < -0.4 is 4.90 Å². The van der Waals surface area contributed by atoms with Gasteiger partial charge in [-0.2, -0.15) is 0 Å². The number of nitrogens with one attached hydrogen (secondary N) is 2. The summed E-state index contributed by atoms with van der Waals surface area (Å²) >= 11 is 0. The number of aliphatic hydroxyl groups excluding tert-OH is 1. The van der Waals surface area contributed by atoms with Gasteiger partial charge in [-0.3, -0.25) is 5.41 Å². The molecule has 1 aliphatic heterocycles. The highest BCUT2D eigenvalue weighted by Gasteiger charge is 2.32. The van der Waals surface area contributed by atoms with Gasteiger partial charge >= 0.3 is 0 Å². The van der Waals surface area contributed by atoms with Crippen LogP contribution in [0.4, 0.5) is 5.69 Å². The van der Waals surface area contributed by atoms with E-state index in [1.165, 1.54) is 0 Å². The molecule has 26 heavy (non-hydrogen) atoms. The van der Waals surface area contributed by atoms with Gasteiger partial charge in [0.1, 0.15) is 23.2 Å². The maximum absolute atomic E-state index is 10.5. The summed E-state index contributed by atoms with van der Waals surface area (Å²) in [5.41, 5.74) is 6.03. The first kappa shape index (κ1) is 16.2. The average Bonchev–Trinajstić information content (AvgIpc) is 3.08. The van der Waals surface area contributed by atoms with Crippen molar-refractivity contribution in [3.63, 3.8) is 0 Å². The zero-order chi connectivity index (χ0) is 18.6. The van der Waals surface area contributed by atoms with Crippen molar-refractivity contribution in [3.05, 3.63) is 58.6 Å². The molecule has 0 atom stereocenters. The number of amidine groups is 1. The van der Waals surface area contributed by atoms with Gasteiger partial charge < -0.3 is 20.1 Å². The van der Waals surface area contributed by atoms with Crippen LogP contribution in [0, 0.1) is 26.2 Å². The SMILES string of the molecule is Cc1cc2nc(C3=C(O)CN(c4ccc(O)cc4C)C3=N)[nH]c2cc1C. The predicted molar refractivity (Wildman–Crippen MR) is 103 cm³/mol. The van der Waals surface area contributed by atoms with Crippen LogP contribution in [-0.4, -0.2) is 32.6 Å². The Balaban J connectivity index is 1.75. The van der Waals surface area contributed by atoms with Gasteiger partial charge in [0.25, 0.3) is 0 Å². The Bertz CT molecular complexity index is 1060. The number of aromatic amines is 1. The maximum Gasteiger partial charge on any atom is 0.145 e. The summed E-state index contributed by atoms with van der Waals surface area (Å²) in [4.78, 5) is 9.52. The van der Waals surface area contributed by atoms with E-state index in [-0.39, 0.29) is 23.9 Å².